The van der Waals surface area contributed by atoms with Gasteiger partial charge in [0.15, 0.2) is 5.78 Å². The van der Waals surface area contributed by atoms with Crippen molar-refractivity contribution < 1.29 is 30.0 Å². The van der Waals surface area contributed by atoms with Gasteiger partial charge in [-0.3, -0.25) is 14.8 Å². The third-order valence-corrected chi connectivity index (χ3v) is 21.9. The molecule has 5 aromatic heterocycles. The van der Waals surface area contributed by atoms with Crippen LogP contribution in [0.4, 0.5) is 0 Å². The number of aliphatic hydroxyl groups excluding tert-OH is 1. The Hall–Kier alpha value is -14.1. The van der Waals surface area contributed by atoms with Gasteiger partial charge in [0, 0.05) is 84.6 Å². The van der Waals surface area contributed by atoms with E-state index >= 15 is 0 Å². The molecule has 0 fully saturated rings. The summed E-state index contributed by atoms with van der Waals surface area (Å²) < 4.78 is 2.66. The summed E-state index contributed by atoms with van der Waals surface area (Å²) in [5, 5.41) is 22.7. The van der Waals surface area contributed by atoms with Crippen molar-refractivity contribution in [2.75, 3.05) is 0 Å². The van der Waals surface area contributed by atoms with E-state index in [2.05, 4.69) is 325 Å². The average Bonchev–Trinajstić information content (AvgIpc) is 1.41. The largest absolute Gasteiger partial charge is 0.512 e. The molecular weight excluding hydrogens is 1600 g/mol. The molecular formula is C105H71IrN6O2S-. The molecule has 16 aromatic carbocycles. The van der Waals surface area contributed by atoms with Crippen molar-refractivity contribution in [3.8, 4) is 101 Å². The van der Waals surface area contributed by atoms with Crippen LogP contribution in [-0.2, 0) is 24.9 Å². The molecule has 0 saturated heterocycles. The maximum Gasteiger partial charge on any atom is 0.155 e. The summed E-state index contributed by atoms with van der Waals surface area (Å²) in [6.07, 6.45) is 4.68. The van der Waals surface area contributed by atoms with Gasteiger partial charge in [0.25, 0.3) is 0 Å². The zero-order valence-electron chi connectivity index (χ0n) is 62.7. The van der Waals surface area contributed by atoms with Crippen LogP contribution in [0, 0.1) is 6.07 Å². The Labute approximate surface area is 683 Å². The molecule has 8 nitrogen and oxygen atoms in total. The molecule has 0 unspecified atom stereocenters. The number of carbonyl (C=O) groups excluding carboxylic acids is 1. The predicted octanol–water partition coefficient (Wildman–Crippen LogP) is 27.7. The molecule has 0 amide bonds. The van der Waals surface area contributed by atoms with Gasteiger partial charge in [-0.1, -0.05) is 303 Å². The second-order valence-corrected chi connectivity index (χ2v) is 29.2. The summed E-state index contributed by atoms with van der Waals surface area (Å²) >= 11 is 1.87. The minimum absolute atomic E-state index is 0. The minimum Gasteiger partial charge on any atom is -0.512 e. The molecule has 21 aromatic rings. The van der Waals surface area contributed by atoms with Gasteiger partial charge < -0.3 is 5.11 Å². The summed E-state index contributed by atoms with van der Waals surface area (Å²) in [5.74, 6) is -0.0625. The van der Waals surface area contributed by atoms with Gasteiger partial charge in [-0.15, -0.1) is 47.2 Å². The van der Waals surface area contributed by atoms with Crippen LogP contribution in [0.1, 0.15) is 13.8 Å². The van der Waals surface area contributed by atoms with E-state index in [1.807, 2.05) is 78.2 Å². The second kappa shape index (κ2) is 33.1. The third-order valence-electron chi connectivity index (χ3n) is 20.6. The first-order valence-electron chi connectivity index (χ1n) is 37.9. The monoisotopic (exact) mass is 1670 g/mol. The van der Waals surface area contributed by atoms with Crippen LogP contribution in [0.5, 0.6) is 0 Å². The van der Waals surface area contributed by atoms with E-state index < -0.39 is 0 Å². The summed E-state index contributed by atoms with van der Waals surface area (Å²) in [6, 6.07) is 133. The number of fused-ring (bicyclic) bond motifs is 14. The molecule has 0 aliphatic rings. The quantitative estimate of drug-likeness (QED) is 0.0623. The van der Waals surface area contributed by atoms with Crippen molar-refractivity contribution in [3.63, 3.8) is 0 Å². The number of aromatic nitrogens is 6. The summed E-state index contributed by atoms with van der Waals surface area (Å²) in [6.45, 7) is 2.85. The van der Waals surface area contributed by atoms with Crippen LogP contribution in [0.25, 0.3) is 197 Å². The Morgan fingerprint density at radius 3 is 1.32 bits per heavy atom. The number of benzene rings is 16. The number of allylic oxidation sites excluding steroid dienone is 2. The number of pyridine rings is 2. The first-order chi connectivity index (χ1) is 56.2. The molecule has 1 N–H and O–H groups in total. The molecule has 0 spiro atoms. The Morgan fingerprint density at radius 1 is 0.313 bits per heavy atom. The maximum atomic E-state index is 10.0. The Bertz CT molecular complexity index is 6970. The predicted molar refractivity (Wildman–Crippen MR) is 476 cm³/mol. The van der Waals surface area contributed by atoms with Crippen LogP contribution in [-0.4, -0.2) is 40.8 Å². The Morgan fingerprint density at radius 2 is 0.757 bits per heavy atom. The van der Waals surface area contributed by atoms with Gasteiger partial charge in [0.1, 0.15) is 6.33 Å². The number of nitrogens with zero attached hydrogens (tertiary/aromatic N) is 6. The van der Waals surface area contributed by atoms with E-state index in [9.17, 15) is 4.79 Å². The molecule has 10 heteroatoms. The molecule has 0 bridgehead atoms. The smallest absolute Gasteiger partial charge is 0.155 e. The minimum atomic E-state index is -0.125. The standard InChI is InChI=1S/C44H28N2.C40H24N2S.C16H11N2.C5H8O2.Ir/c1-3-13-31(14-4-1)39-27-41(35-21-19-29-11-7-9-17-33(29)25-35)45-43-37(39)23-24-38-40(32-15-5-2-6-16-32)28-42(46-44(38)43)36-22-20-30-12-8-10-18-34(30)26-36;1-3-17-33-30(14-1)31-15-2-4-18-34(31)39-38(33)41-24-36(42-39)28-13-8-11-26(23-28)25-10-7-12-27(22-25)29-19-9-20-35-32-16-5-6-21-37(32)43-40(29)35;1-3-7-13(8-4-1)15-11-16(18-12-17-15)14-9-5-2-6-10-14;1-4(6)3-5(2)7;/h1-28H;1-24H;1-9,11-12H;3,6H,1-2H3;/q;;-1;;. The van der Waals surface area contributed by atoms with Crippen molar-refractivity contribution in [2.45, 2.75) is 13.8 Å². The molecule has 5 heterocycles. The van der Waals surface area contributed by atoms with Crippen LogP contribution in [0.15, 0.2) is 394 Å². The molecule has 0 aliphatic heterocycles. The van der Waals surface area contributed by atoms with Crippen LogP contribution in [0.3, 0.4) is 0 Å². The van der Waals surface area contributed by atoms with Crippen molar-refractivity contribution in [1.29, 1.82) is 0 Å². The van der Waals surface area contributed by atoms with E-state index in [1.165, 1.54) is 89.1 Å². The number of thiophene rings is 1. The first-order valence-corrected chi connectivity index (χ1v) is 38.8. The summed E-state index contributed by atoms with van der Waals surface area (Å²) in [4.78, 5) is 39.7. The Kier molecular flexibility index (Phi) is 21.2. The SMILES string of the molecule is CC(=O)C=C(C)O.[Ir].[c-]1ccccc1-c1cc(-c2ccccc2)ncn1.c1cc(-c2cccc(-c3cccc4c3sc3ccccc34)c2)cc(-c2cnc3c4ccccc4c4ccccc4c3n2)c1.c1ccc(-c2cc(-c3ccc4ccccc4c3)nc3c2ccc2c(-c4ccccc4)cc(-c4ccc5ccccc5c4)nc23)cc1. The van der Waals surface area contributed by atoms with E-state index in [-0.39, 0.29) is 31.6 Å². The fraction of sp³-hybridized carbons (Fsp3) is 0.0190. The normalized spacial score (nSPS) is 11.3. The average molecular weight is 1670 g/mol. The first kappa shape index (κ1) is 73.7. The number of carbonyl (C=O) groups is 1. The number of aliphatic hydroxyl groups is 1. The van der Waals surface area contributed by atoms with Crippen LogP contribution in [0.2, 0.25) is 0 Å². The van der Waals surface area contributed by atoms with Crippen molar-refractivity contribution in [2.24, 2.45) is 0 Å². The van der Waals surface area contributed by atoms with Gasteiger partial charge >= 0.3 is 0 Å². The molecule has 21 rings (SSSR count). The molecule has 549 valence electrons. The van der Waals surface area contributed by atoms with Crippen molar-refractivity contribution in [3.05, 3.63) is 400 Å². The van der Waals surface area contributed by atoms with Gasteiger partial charge in [0.05, 0.1) is 56.8 Å². The maximum absolute atomic E-state index is 10.0. The molecule has 0 atom stereocenters. The summed E-state index contributed by atoms with van der Waals surface area (Å²) in [7, 11) is 0. The topological polar surface area (TPSA) is 115 Å². The fourth-order valence-electron chi connectivity index (χ4n) is 15.3. The van der Waals surface area contributed by atoms with E-state index in [0.29, 0.717) is 0 Å². The van der Waals surface area contributed by atoms with Gasteiger partial charge in [-0.25, -0.2) is 19.9 Å². The van der Waals surface area contributed by atoms with Gasteiger partial charge in [-0.2, -0.15) is 0 Å². The zero-order valence-corrected chi connectivity index (χ0v) is 65.9. The number of rotatable bonds is 10. The third kappa shape index (κ3) is 15.4. The van der Waals surface area contributed by atoms with Crippen LogP contribution >= 0.6 is 11.3 Å². The van der Waals surface area contributed by atoms with Gasteiger partial charge in [0.2, 0.25) is 0 Å². The van der Waals surface area contributed by atoms with E-state index in [0.717, 1.165) is 128 Å². The number of hydrogen-bond donors (Lipinski definition) is 1. The van der Waals surface area contributed by atoms with Crippen molar-refractivity contribution >= 4 is 113 Å². The molecule has 0 aliphatic carbocycles. The van der Waals surface area contributed by atoms with E-state index in [4.69, 9.17) is 25.0 Å². The van der Waals surface area contributed by atoms with E-state index in [1.54, 1.807) is 6.33 Å². The molecule has 1 radical (unpaired) electrons. The second-order valence-electron chi connectivity index (χ2n) is 28.1. The number of hydrogen-bond acceptors (Lipinski definition) is 9. The fourth-order valence-corrected chi connectivity index (χ4v) is 16.5. The number of ketones is 1. The Balaban J connectivity index is 0.000000128. The van der Waals surface area contributed by atoms with Crippen LogP contribution < -0.4 is 0 Å². The van der Waals surface area contributed by atoms with Crippen molar-refractivity contribution in [1.82, 2.24) is 29.9 Å². The summed E-state index contributed by atoms with van der Waals surface area (Å²) in [5.41, 5.74) is 23.0. The van der Waals surface area contributed by atoms with Gasteiger partial charge in [-0.05, 0) is 144 Å². The zero-order chi connectivity index (χ0) is 76.9. The molecule has 115 heavy (non-hydrogen) atoms. The molecule has 0 saturated carbocycles.